The predicted molar refractivity (Wildman–Crippen MR) is 54.8 cm³/mol. The highest BCUT2D eigenvalue weighted by molar-refractivity contribution is 5.84. The van der Waals surface area contributed by atoms with Gasteiger partial charge in [-0.25, -0.2) is 0 Å². The highest BCUT2D eigenvalue weighted by Gasteiger charge is 2.47. The second-order valence-corrected chi connectivity index (χ2v) is 5.07. The van der Waals surface area contributed by atoms with Gasteiger partial charge in [-0.15, -0.1) is 0 Å². The van der Waals surface area contributed by atoms with E-state index in [-0.39, 0.29) is 11.2 Å². The van der Waals surface area contributed by atoms with Crippen LogP contribution in [0.4, 0.5) is 0 Å². The number of fused-ring (bicyclic) bond motifs is 1. The molecule has 78 valence electrons. The fourth-order valence-electron chi connectivity index (χ4n) is 3.02. The number of carbonyl (C=O) groups excluding carboxylic acids is 1. The van der Waals surface area contributed by atoms with E-state index in [0.717, 1.165) is 19.3 Å². The molecule has 14 heavy (non-hydrogen) atoms. The van der Waals surface area contributed by atoms with E-state index < -0.39 is 6.10 Å². The molecule has 0 aromatic carbocycles. The number of ketones is 1. The summed E-state index contributed by atoms with van der Waals surface area (Å²) < 4.78 is 0. The first-order valence-corrected chi connectivity index (χ1v) is 5.40. The fraction of sp³-hybridized carbons (Fsp3) is 0.750. The van der Waals surface area contributed by atoms with Crippen molar-refractivity contribution < 1.29 is 9.90 Å². The molecule has 0 bridgehead atoms. The van der Waals surface area contributed by atoms with E-state index in [2.05, 4.69) is 19.9 Å². The van der Waals surface area contributed by atoms with Gasteiger partial charge in [0.2, 0.25) is 0 Å². The van der Waals surface area contributed by atoms with Gasteiger partial charge in [0.15, 0.2) is 5.78 Å². The Balaban J connectivity index is 2.30. The molecule has 0 aromatic rings. The number of hydrogen-bond acceptors (Lipinski definition) is 2. The Morgan fingerprint density at radius 2 is 2.29 bits per heavy atom. The lowest BCUT2D eigenvalue weighted by molar-refractivity contribution is -0.143. The number of carbonyl (C=O) groups is 1. The summed E-state index contributed by atoms with van der Waals surface area (Å²) in [7, 11) is 0. The van der Waals surface area contributed by atoms with Gasteiger partial charge >= 0.3 is 0 Å². The number of allylic oxidation sites excluding steroid dienone is 2. The number of hydrogen-bond donors (Lipinski definition) is 1. The van der Waals surface area contributed by atoms with Crippen molar-refractivity contribution in [1.82, 2.24) is 0 Å². The summed E-state index contributed by atoms with van der Waals surface area (Å²) in [4.78, 5) is 11.5. The van der Waals surface area contributed by atoms with Crippen molar-refractivity contribution in [2.24, 2.45) is 11.3 Å². The van der Waals surface area contributed by atoms with Crippen molar-refractivity contribution >= 4 is 5.78 Å². The molecule has 1 saturated carbocycles. The summed E-state index contributed by atoms with van der Waals surface area (Å²) in [6.45, 7) is 4.16. The Morgan fingerprint density at radius 3 is 3.00 bits per heavy atom. The Morgan fingerprint density at radius 1 is 1.57 bits per heavy atom. The molecule has 2 heteroatoms. The lowest BCUT2D eigenvalue weighted by Crippen LogP contribution is -2.49. The third-order valence-corrected chi connectivity index (χ3v) is 4.01. The van der Waals surface area contributed by atoms with Crippen LogP contribution in [-0.2, 0) is 4.79 Å². The zero-order chi connectivity index (χ0) is 10.3. The third kappa shape index (κ3) is 1.33. The largest absolute Gasteiger partial charge is 0.385 e. The molecule has 2 rings (SSSR count). The van der Waals surface area contributed by atoms with Gasteiger partial charge in [-0.1, -0.05) is 18.6 Å². The molecule has 0 amide bonds. The SMILES string of the molecule is CC1=CC[C@@H]2CCC(=O)[C@H](O)[C@]2(C)C1. The normalized spacial score (nSPS) is 43.1. The van der Waals surface area contributed by atoms with E-state index in [1.54, 1.807) is 0 Å². The monoisotopic (exact) mass is 194 g/mol. The van der Waals surface area contributed by atoms with Crippen LogP contribution in [0.5, 0.6) is 0 Å². The van der Waals surface area contributed by atoms with E-state index in [4.69, 9.17) is 0 Å². The Hall–Kier alpha value is -0.630. The molecule has 2 aliphatic rings. The van der Waals surface area contributed by atoms with Crippen molar-refractivity contribution in [2.45, 2.75) is 45.6 Å². The summed E-state index contributed by atoms with van der Waals surface area (Å²) in [6, 6.07) is 0. The van der Waals surface area contributed by atoms with Crippen molar-refractivity contribution in [2.75, 3.05) is 0 Å². The minimum atomic E-state index is -0.732. The molecule has 1 fully saturated rings. The van der Waals surface area contributed by atoms with E-state index in [0.29, 0.717) is 12.3 Å². The quantitative estimate of drug-likeness (QED) is 0.599. The fourth-order valence-corrected chi connectivity index (χ4v) is 3.02. The van der Waals surface area contributed by atoms with E-state index >= 15 is 0 Å². The van der Waals surface area contributed by atoms with E-state index in [9.17, 15) is 9.90 Å². The topological polar surface area (TPSA) is 37.3 Å². The third-order valence-electron chi connectivity index (χ3n) is 4.01. The minimum Gasteiger partial charge on any atom is -0.385 e. The van der Waals surface area contributed by atoms with Gasteiger partial charge < -0.3 is 5.11 Å². The molecule has 0 radical (unpaired) electrons. The average Bonchev–Trinajstić information content (AvgIpc) is 2.13. The van der Waals surface area contributed by atoms with Crippen LogP contribution in [0.15, 0.2) is 11.6 Å². The molecule has 2 nitrogen and oxygen atoms in total. The maximum atomic E-state index is 11.5. The van der Waals surface area contributed by atoms with Gasteiger partial charge in [-0.2, -0.15) is 0 Å². The smallest absolute Gasteiger partial charge is 0.161 e. The van der Waals surface area contributed by atoms with Crippen LogP contribution in [-0.4, -0.2) is 17.0 Å². The van der Waals surface area contributed by atoms with Crippen LogP contribution in [0.25, 0.3) is 0 Å². The molecule has 0 heterocycles. The summed E-state index contributed by atoms with van der Waals surface area (Å²) in [5.41, 5.74) is 1.13. The molecular formula is C12H18O2. The van der Waals surface area contributed by atoms with Crippen molar-refractivity contribution in [3.8, 4) is 0 Å². The zero-order valence-corrected chi connectivity index (χ0v) is 8.92. The molecule has 2 aliphatic carbocycles. The maximum absolute atomic E-state index is 11.5. The summed E-state index contributed by atoms with van der Waals surface area (Å²) in [5.74, 6) is 0.539. The van der Waals surface area contributed by atoms with E-state index in [1.807, 2.05) is 0 Å². The van der Waals surface area contributed by atoms with Gasteiger partial charge in [-0.3, -0.25) is 4.79 Å². The standard InChI is InChI=1S/C12H18O2/c1-8-3-4-9-5-6-10(13)11(14)12(9,2)7-8/h3,9,11,14H,4-7H2,1-2H3/t9-,11+,12-/m1/s1. The molecule has 3 atom stereocenters. The predicted octanol–water partition coefficient (Wildman–Crippen LogP) is 2.07. The van der Waals surface area contributed by atoms with Gasteiger partial charge in [0, 0.05) is 11.8 Å². The number of Topliss-reactive ketones (excluding diaryl/α,β-unsaturated/α-hetero) is 1. The first kappa shape index (κ1) is 9.91. The highest BCUT2D eigenvalue weighted by atomic mass is 16.3. The number of rotatable bonds is 0. The van der Waals surface area contributed by atoms with Crippen LogP contribution in [0, 0.1) is 11.3 Å². The number of aliphatic hydroxyl groups excluding tert-OH is 1. The highest BCUT2D eigenvalue weighted by Crippen LogP contribution is 2.48. The van der Waals surface area contributed by atoms with Crippen LogP contribution in [0.1, 0.15) is 39.5 Å². The van der Waals surface area contributed by atoms with Crippen molar-refractivity contribution in [3.05, 3.63) is 11.6 Å². The zero-order valence-electron chi connectivity index (χ0n) is 8.92. The Kier molecular flexibility index (Phi) is 2.26. The van der Waals surface area contributed by atoms with Crippen LogP contribution < -0.4 is 0 Å². The molecule has 0 unspecified atom stereocenters. The Labute approximate surface area is 85.0 Å². The summed E-state index contributed by atoms with van der Waals surface area (Å²) in [5, 5.41) is 9.97. The van der Waals surface area contributed by atoms with Gasteiger partial charge in [-0.05, 0) is 32.1 Å². The van der Waals surface area contributed by atoms with Crippen LogP contribution in [0.2, 0.25) is 0 Å². The number of aliphatic hydroxyl groups is 1. The maximum Gasteiger partial charge on any atom is 0.161 e. The average molecular weight is 194 g/mol. The Bertz CT molecular complexity index is 293. The molecule has 0 spiro atoms. The van der Waals surface area contributed by atoms with Gasteiger partial charge in [0.1, 0.15) is 6.10 Å². The lowest BCUT2D eigenvalue weighted by Gasteiger charge is -2.46. The summed E-state index contributed by atoms with van der Waals surface area (Å²) in [6.07, 6.45) is 4.96. The second kappa shape index (κ2) is 3.20. The van der Waals surface area contributed by atoms with Gasteiger partial charge in [0.25, 0.3) is 0 Å². The molecular weight excluding hydrogens is 176 g/mol. The summed E-state index contributed by atoms with van der Waals surface area (Å²) >= 11 is 0. The van der Waals surface area contributed by atoms with E-state index in [1.165, 1.54) is 5.57 Å². The van der Waals surface area contributed by atoms with Crippen LogP contribution >= 0.6 is 0 Å². The lowest BCUT2D eigenvalue weighted by atomic mass is 9.59. The van der Waals surface area contributed by atoms with Crippen molar-refractivity contribution in [1.29, 1.82) is 0 Å². The van der Waals surface area contributed by atoms with Crippen molar-refractivity contribution in [3.63, 3.8) is 0 Å². The molecule has 1 N–H and O–H groups in total. The molecule has 0 saturated heterocycles. The van der Waals surface area contributed by atoms with Gasteiger partial charge in [0.05, 0.1) is 0 Å². The molecule has 0 aliphatic heterocycles. The molecule has 0 aromatic heterocycles. The minimum absolute atomic E-state index is 0.0402. The first-order chi connectivity index (χ1) is 6.54. The first-order valence-electron chi connectivity index (χ1n) is 5.40. The second-order valence-electron chi connectivity index (χ2n) is 5.07. The van der Waals surface area contributed by atoms with Crippen LogP contribution in [0.3, 0.4) is 0 Å².